The van der Waals surface area contributed by atoms with E-state index in [1.54, 1.807) is 9.80 Å². The number of carbonyl (C=O) groups is 2. The number of thiazole rings is 1. The van der Waals surface area contributed by atoms with Gasteiger partial charge in [-0.25, -0.2) is 4.98 Å². The second kappa shape index (κ2) is 7.37. The minimum absolute atomic E-state index is 0.0989. The first-order valence-electron chi connectivity index (χ1n) is 7.94. The molecule has 2 amide bonds. The van der Waals surface area contributed by atoms with E-state index >= 15 is 0 Å². The summed E-state index contributed by atoms with van der Waals surface area (Å²) in [5, 5.41) is 1.07. The molecule has 130 valence electrons. The number of benzene rings is 1. The van der Waals surface area contributed by atoms with E-state index in [9.17, 15) is 9.59 Å². The van der Waals surface area contributed by atoms with Gasteiger partial charge in [0.2, 0.25) is 5.91 Å². The van der Waals surface area contributed by atoms with Gasteiger partial charge < -0.3 is 9.80 Å². The summed E-state index contributed by atoms with van der Waals surface area (Å²) in [7, 11) is 0. The van der Waals surface area contributed by atoms with Crippen LogP contribution in [0.4, 0.5) is 0 Å². The van der Waals surface area contributed by atoms with Gasteiger partial charge in [-0.2, -0.15) is 0 Å². The maximum Gasteiger partial charge on any atom is 0.282 e. The van der Waals surface area contributed by atoms with Crippen molar-refractivity contribution in [1.29, 1.82) is 0 Å². The van der Waals surface area contributed by atoms with Gasteiger partial charge in [-0.15, -0.1) is 11.3 Å². The van der Waals surface area contributed by atoms with Crippen molar-refractivity contribution in [2.75, 3.05) is 26.2 Å². The Bertz CT molecular complexity index is 825. The van der Waals surface area contributed by atoms with Crippen molar-refractivity contribution in [3.63, 3.8) is 0 Å². The van der Waals surface area contributed by atoms with E-state index in [2.05, 4.69) is 11.6 Å². The van der Waals surface area contributed by atoms with Gasteiger partial charge >= 0.3 is 0 Å². The molecule has 0 atom stereocenters. The molecule has 0 spiro atoms. The van der Waals surface area contributed by atoms with Crippen molar-refractivity contribution < 1.29 is 9.59 Å². The summed E-state index contributed by atoms with van der Waals surface area (Å²) in [4.78, 5) is 33.3. The summed E-state index contributed by atoms with van der Waals surface area (Å²) in [5.74, 6) is -0.199. The van der Waals surface area contributed by atoms with Gasteiger partial charge in [0.15, 0.2) is 5.01 Å². The Kier molecular flexibility index (Phi) is 5.20. The van der Waals surface area contributed by atoms with E-state index in [0.29, 0.717) is 36.2 Å². The largest absolute Gasteiger partial charge is 0.336 e. The number of piperazine rings is 1. The van der Waals surface area contributed by atoms with Crippen LogP contribution in [0.25, 0.3) is 11.3 Å². The number of amides is 2. The number of aryl methyl sites for hydroxylation is 1. The van der Waals surface area contributed by atoms with E-state index in [1.807, 2.05) is 31.2 Å². The first-order chi connectivity index (χ1) is 12.0. The highest BCUT2D eigenvalue weighted by atomic mass is 35.5. The van der Waals surface area contributed by atoms with Crippen LogP contribution in [0, 0.1) is 6.92 Å². The summed E-state index contributed by atoms with van der Waals surface area (Å²) in [5.41, 5.74) is 1.58. The lowest BCUT2D eigenvalue weighted by atomic mass is 10.1. The van der Waals surface area contributed by atoms with Gasteiger partial charge in [0, 0.05) is 41.6 Å². The molecule has 2 heterocycles. The van der Waals surface area contributed by atoms with Gasteiger partial charge in [0.05, 0.1) is 5.69 Å². The van der Waals surface area contributed by atoms with Gasteiger partial charge in [0.1, 0.15) is 0 Å². The molecule has 1 fully saturated rings. The van der Waals surface area contributed by atoms with Crippen LogP contribution in [0.2, 0.25) is 5.02 Å². The Labute approximate surface area is 155 Å². The summed E-state index contributed by atoms with van der Waals surface area (Å²) >= 11 is 7.63. The molecule has 2 aromatic rings. The number of hydrogen-bond acceptors (Lipinski definition) is 4. The van der Waals surface area contributed by atoms with Crippen molar-refractivity contribution in [2.24, 2.45) is 0 Å². The zero-order valence-electron chi connectivity index (χ0n) is 13.9. The molecule has 3 rings (SSSR count). The SMILES string of the molecule is C=CC(=O)N1CCN(C(=O)c2nc(-c3ccccc3Cl)c(C)s2)CC1. The third kappa shape index (κ3) is 3.60. The van der Waals surface area contributed by atoms with Crippen molar-refractivity contribution >= 4 is 34.8 Å². The molecular formula is C18H18ClN3O2S. The molecule has 1 aliphatic heterocycles. The standard InChI is InChI=1S/C18H18ClN3O2S/c1-3-15(23)21-8-10-22(11-9-21)18(24)17-20-16(12(2)25-17)13-6-4-5-7-14(13)19/h3-7H,1,8-11H2,2H3. The van der Waals surface area contributed by atoms with Crippen LogP contribution in [0.5, 0.6) is 0 Å². The fourth-order valence-electron chi connectivity index (χ4n) is 2.79. The molecule has 25 heavy (non-hydrogen) atoms. The maximum atomic E-state index is 12.7. The topological polar surface area (TPSA) is 53.5 Å². The van der Waals surface area contributed by atoms with E-state index < -0.39 is 0 Å². The third-order valence-electron chi connectivity index (χ3n) is 4.16. The number of carbonyl (C=O) groups excluding carboxylic acids is 2. The molecule has 7 heteroatoms. The lowest BCUT2D eigenvalue weighted by molar-refractivity contribution is -0.127. The Morgan fingerprint density at radius 1 is 1.20 bits per heavy atom. The number of halogens is 1. The van der Waals surface area contributed by atoms with Gasteiger partial charge in [-0.3, -0.25) is 9.59 Å². The number of rotatable bonds is 3. The Morgan fingerprint density at radius 2 is 1.84 bits per heavy atom. The van der Waals surface area contributed by atoms with E-state index in [1.165, 1.54) is 17.4 Å². The molecular weight excluding hydrogens is 358 g/mol. The molecule has 0 unspecified atom stereocenters. The average molecular weight is 376 g/mol. The quantitative estimate of drug-likeness (QED) is 0.774. The van der Waals surface area contributed by atoms with Crippen LogP contribution in [-0.4, -0.2) is 52.8 Å². The lowest BCUT2D eigenvalue weighted by Gasteiger charge is -2.33. The van der Waals surface area contributed by atoms with Crippen LogP contribution in [0.1, 0.15) is 14.7 Å². The van der Waals surface area contributed by atoms with E-state index in [0.717, 1.165) is 16.1 Å². The molecule has 1 aliphatic rings. The number of aromatic nitrogens is 1. The number of nitrogens with zero attached hydrogens (tertiary/aromatic N) is 3. The van der Waals surface area contributed by atoms with Gasteiger partial charge in [-0.05, 0) is 19.1 Å². The molecule has 1 saturated heterocycles. The Morgan fingerprint density at radius 3 is 2.48 bits per heavy atom. The highest BCUT2D eigenvalue weighted by Gasteiger charge is 2.26. The van der Waals surface area contributed by atoms with Crippen LogP contribution in [0.15, 0.2) is 36.9 Å². The molecule has 0 saturated carbocycles. The molecule has 0 N–H and O–H groups in total. The van der Waals surface area contributed by atoms with E-state index in [-0.39, 0.29) is 11.8 Å². The summed E-state index contributed by atoms with van der Waals surface area (Å²) in [6.45, 7) is 7.45. The third-order valence-corrected chi connectivity index (χ3v) is 5.45. The first kappa shape index (κ1) is 17.6. The van der Waals surface area contributed by atoms with Crippen LogP contribution >= 0.6 is 22.9 Å². The average Bonchev–Trinajstić information content (AvgIpc) is 3.02. The normalized spacial score (nSPS) is 14.5. The summed E-state index contributed by atoms with van der Waals surface area (Å²) < 4.78 is 0. The predicted octanol–water partition coefficient (Wildman–Crippen LogP) is 3.24. The van der Waals surface area contributed by atoms with Crippen molar-refractivity contribution in [3.8, 4) is 11.3 Å². The van der Waals surface area contributed by atoms with Crippen LogP contribution in [0.3, 0.4) is 0 Å². The predicted molar refractivity (Wildman–Crippen MR) is 100.0 cm³/mol. The zero-order chi connectivity index (χ0) is 18.0. The molecule has 0 aliphatic carbocycles. The second-order valence-corrected chi connectivity index (χ2v) is 7.34. The summed E-state index contributed by atoms with van der Waals surface area (Å²) in [6.07, 6.45) is 1.30. The lowest BCUT2D eigenvalue weighted by Crippen LogP contribution is -2.50. The Hall–Kier alpha value is -2.18. The molecule has 5 nitrogen and oxygen atoms in total. The summed E-state index contributed by atoms with van der Waals surface area (Å²) in [6, 6.07) is 7.48. The molecule has 1 aromatic heterocycles. The van der Waals surface area contributed by atoms with Gasteiger partial charge in [0.25, 0.3) is 5.91 Å². The molecule has 0 radical (unpaired) electrons. The van der Waals surface area contributed by atoms with E-state index in [4.69, 9.17) is 11.6 Å². The fraction of sp³-hybridized carbons (Fsp3) is 0.278. The smallest absolute Gasteiger partial charge is 0.282 e. The highest BCUT2D eigenvalue weighted by Crippen LogP contribution is 2.32. The Balaban J connectivity index is 1.76. The highest BCUT2D eigenvalue weighted by molar-refractivity contribution is 7.14. The molecule has 1 aromatic carbocycles. The van der Waals surface area contributed by atoms with Crippen molar-refractivity contribution in [3.05, 3.63) is 51.8 Å². The fourth-order valence-corrected chi connectivity index (χ4v) is 3.91. The molecule has 0 bridgehead atoms. The monoisotopic (exact) mass is 375 g/mol. The van der Waals surface area contributed by atoms with Crippen molar-refractivity contribution in [2.45, 2.75) is 6.92 Å². The number of hydrogen-bond donors (Lipinski definition) is 0. The minimum atomic E-state index is -0.0999. The minimum Gasteiger partial charge on any atom is -0.336 e. The second-order valence-electron chi connectivity index (χ2n) is 5.73. The van der Waals surface area contributed by atoms with Gasteiger partial charge in [-0.1, -0.05) is 36.4 Å². The first-order valence-corrected chi connectivity index (χ1v) is 9.13. The van der Waals surface area contributed by atoms with Crippen molar-refractivity contribution in [1.82, 2.24) is 14.8 Å². The van der Waals surface area contributed by atoms with Crippen LogP contribution < -0.4 is 0 Å². The zero-order valence-corrected chi connectivity index (χ0v) is 15.4. The maximum absolute atomic E-state index is 12.7. The van der Waals surface area contributed by atoms with Crippen LogP contribution in [-0.2, 0) is 4.79 Å².